The molecule has 0 saturated carbocycles. The Morgan fingerprint density at radius 1 is 1.13 bits per heavy atom. The van der Waals surface area contributed by atoms with E-state index in [9.17, 15) is 15.4 Å². The first-order chi connectivity index (χ1) is 14.9. The Kier molecular flexibility index (Phi) is 7.45. The third-order valence-corrected chi connectivity index (χ3v) is 5.59. The van der Waals surface area contributed by atoms with Crippen molar-refractivity contribution >= 4 is 49.2 Å². The second-order valence-corrected chi connectivity index (χ2v) is 8.19. The zero-order chi connectivity index (χ0) is 22.4. The number of methoxy groups -OCH3 is 1. The van der Waals surface area contributed by atoms with Gasteiger partial charge < -0.3 is 9.47 Å². The molecule has 156 valence electrons. The van der Waals surface area contributed by atoms with Gasteiger partial charge in [0.05, 0.1) is 23.7 Å². The molecule has 0 amide bonds. The SMILES string of the molecule is COc1cc(/C=C(/C#N)c2cccc([N+](=O)[O-])c2)c(Br)cc1OCc1ccc(Br)cc1. The van der Waals surface area contributed by atoms with Gasteiger partial charge in [-0.2, -0.15) is 5.26 Å². The average molecular weight is 544 g/mol. The number of nitro groups is 1. The molecule has 0 heterocycles. The van der Waals surface area contributed by atoms with Gasteiger partial charge in [0, 0.05) is 21.1 Å². The number of hydrogen-bond acceptors (Lipinski definition) is 5. The van der Waals surface area contributed by atoms with Crippen molar-refractivity contribution in [3.63, 3.8) is 0 Å². The van der Waals surface area contributed by atoms with Crippen LogP contribution >= 0.6 is 31.9 Å². The molecule has 0 bridgehead atoms. The third-order valence-electron chi connectivity index (χ3n) is 4.38. The number of benzene rings is 3. The Bertz CT molecular complexity index is 1190. The molecule has 0 aliphatic rings. The normalized spacial score (nSPS) is 11.0. The lowest BCUT2D eigenvalue weighted by molar-refractivity contribution is -0.384. The van der Waals surface area contributed by atoms with Crippen LogP contribution in [0.5, 0.6) is 11.5 Å². The molecular formula is C23H16Br2N2O4. The van der Waals surface area contributed by atoms with Crippen LogP contribution in [0.4, 0.5) is 5.69 Å². The van der Waals surface area contributed by atoms with E-state index in [4.69, 9.17) is 9.47 Å². The van der Waals surface area contributed by atoms with Crippen LogP contribution < -0.4 is 9.47 Å². The van der Waals surface area contributed by atoms with Crippen LogP contribution in [-0.2, 0) is 6.61 Å². The van der Waals surface area contributed by atoms with E-state index in [0.29, 0.717) is 33.7 Å². The summed E-state index contributed by atoms with van der Waals surface area (Å²) in [5, 5.41) is 20.7. The zero-order valence-corrected chi connectivity index (χ0v) is 19.5. The van der Waals surface area contributed by atoms with E-state index in [1.807, 2.05) is 24.3 Å². The molecule has 0 atom stereocenters. The highest BCUT2D eigenvalue weighted by Crippen LogP contribution is 2.36. The number of halogens is 2. The summed E-state index contributed by atoms with van der Waals surface area (Å²) in [5.74, 6) is 1.05. The van der Waals surface area contributed by atoms with Gasteiger partial charge in [-0.25, -0.2) is 0 Å². The van der Waals surface area contributed by atoms with Gasteiger partial charge in [-0.05, 0) is 47.0 Å². The van der Waals surface area contributed by atoms with E-state index in [-0.39, 0.29) is 11.3 Å². The van der Waals surface area contributed by atoms with E-state index < -0.39 is 4.92 Å². The van der Waals surface area contributed by atoms with Crippen molar-refractivity contribution in [1.82, 2.24) is 0 Å². The minimum atomic E-state index is -0.491. The average Bonchev–Trinajstić information content (AvgIpc) is 2.78. The number of allylic oxidation sites excluding steroid dienone is 1. The first-order valence-corrected chi connectivity index (χ1v) is 10.6. The summed E-state index contributed by atoms with van der Waals surface area (Å²) in [5.41, 5.74) is 2.35. The lowest BCUT2D eigenvalue weighted by atomic mass is 10.0. The van der Waals surface area contributed by atoms with Crippen molar-refractivity contribution in [2.45, 2.75) is 6.61 Å². The molecule has 3 rings (SSSR count). The molecule has 0 unspecified atom stereocenters. The fraction of sp³-hybridized carbons (Fsp3) is 0.0870. The molecule has 0 aromatic heterocycles. The zero-order valence-electron chi connectivity index (χ0n) is 16.3. The highest BCUT2D eigenvalue weighted by atomic mass is 79.9. The van der Waals surface area contributed by atoms with Crippen molar-refractivity contribution in [2.24, 2.45) is 0 Å². The van der Waals surface area contributed by atoms with Gasteiger partial charge in [0.2, 0.25) is 0 Å². The second kappa shape index (κ2) is 10.2. The molecule has 0 spiro atoms. The Morgan fingerprint density at radius 3 is 2.52 bits per heavy atom. The topological polar surface area (TPSA) is 85.4 Å². The van der Waals surface area contributed by atoms with E-state index in [0.717, 1.165) is 10.0 Å². The van der Waals surface area contributed by atoms with Crippen LogP contribution in [0.25, 0.3) is 11.6 Å². The third kappa shape index (κ3) is 5.72. The van der Waals surface area contributed by atoms with Gasteiger partial charge in [0.25, 0.3) is 5.69 Å². The number of nitriles is 1. The molecule has 8 heteroatoms. The smallest absolute Gasteiger partial charge is 0.270 e. The highest BCUT2D eigenvalue weighted by Gasteiger charge is 2.13. The fourth-order valence-corrected chi connectivity index (χ4v) is 3.50. The predicted molar refractivity (Wildman–Crippen MR) is 126 cm³/mol. The number of ether oxygens (including phenoxy) is 2. The van der Waals surface area contributed by atoms with Gasteiger partial charge in [-0.15, -0.1) is 0 Å². The van der Waals surface area contributed by atoms with E-state index in [1.54, 1.807) is 30.3 Å². The number of non-ortho nitro benzene ring substituents is 1. The molecule has 0 aliphatic carbocycles. The predicted octanol–water partition coefficient (Wildman–Crippen LogP) is 6.77. The maximum absolute atomic E-state index is 11.0. The molecule has 0 fully saturated rings. The Hall–Kier alpha value is -3.15. The van der Waals surface area contributed by atoms with Gasteiger partial charge in [-0.1, -0.05) is 56.1 Å². The van der Waals surface area contributed by atoms with Gasteiger partial charge in [0.15, 0.2) is 11.5 Å². The van der Waals surface area contributed by atoms with Crippen LogP contribution in [0.2, 0.25) is 0 Å². The number of rotatable bonds is 7. The minimum Gasteiger partial charge on any atom is -0.493 e. The van der Waals surface area contributed by atoms with Crippen LogP contribution in [0.15, 0.2) is 69.6 Å². The van der Waals surface area contributed by atoms with Crippen LogP contribution in [0.1, 0.15) is 16.7 Å². The first kappa shape index (κ1) is 22.5. The number of hydrogen-bond donors (Lipinski definition) is 0. The summed E-state index contributed by atoms with van der Waals surface area (Å²) in [6, 6.07) is 19.4. The van der Waals surface area contributed by atoms with Gasteiger partial charge in [0.1, 0.15) is 6.61 Å². The van der Waals surface area contributed by atoms with Crippen molar-refractivity contribution < 1.29 is 14.4 Å². The van der Waals surface area contributed by atoms with E-state index >= 15 is 0 Å². The largest absolute Gasteiger partial charge is 0.493 e. The van der Waals surface area contributed by atoms with Crippen LogP contribution in [0.3, 0.4) is 0 Å². The van der Waals surface area contributed by atoms with E-state index in [1.165, 1.54) is 19.2 Å². The summed E-state index contributed by atoms with van der Waals surface area (Å²) in [6.07, 6.45) is 1.64. The summed E-state index contributed by atoms with van der Waals surface area (Å²) in [4.78, 5) is 10.6. The quantitative estimate of drug-likeness (QED) is 0.142. The van der Waals surface area contributed by atoms with Crippen molar-refractivity contribution in [2.75, 3.05) is 7.11 Å². The molecular weight excluding hydrogens is 528 g/mol. The molecule has 3 aromatic carbocycles. The van der Waals surface area contributed by atoms with Crippen molar-refractivity contribution in [3.8, 4) is 17.6 Å². The van der Waals surface area contributed by atoms with Crippen molar-refractivity contribution in [3.05, 3.63) is 96.4 Å². The number of nitro benzene ring substituents is 1. The first-order valence-electron chi connectivity index (χ1n) is 9.02. The van der Waals surface area contributed by atoms with Gasteiger partial charge in [-0.3, -0.25) is 10.1 Å². The molecule has 0 N–H and O–H groups in total. The molecule has 0 radical (unpaired) electrons. The summed E-state index contributed by atoms with van der Waals surface area (Å²) in [6.45, 7) is 0.363. The molecule has 0 aliphatic heterocycles. The lowest BCUT2D eigenvalue weighted by Gasteiger charge is -2.13. The Balaban J connectivity index is 1.91. The minimum absolute atomic E-state index is 0.0769. The maximum Gasteiger partial charge on any atom is 0.270 e. The summed E-state index contributed by atoms with van der Waals surface area (Å²) < 4.78 is 13.1. The maximum atomic E-state index is 11.0. The molecule has 0 saturated heterocycles. The summed E-state index contributed by atoms with van der Waals surface area (Å²) >= 11 is 6.92. The van der Waals surface area contributed by atoms with E-state index in [2.05, 4.69) is 37.9 Å². The molecule has 3 aromatic rings. The van der Waals surface area contributed by atoms with Gasteiger partial charge >= 0.3 is 0 Å². The second-order valence-electron chi connectivity index (χ2n) is 6.42. The highest BCUT2D eigenvalue weighted by molar-refractivity contribution is 9.10. The monoisotopic (exact) mass is 542 g/mol. The molecule has 6 nitrogen and oxygen atoms in total. The van der Waals surface area contributed by atoms with Crippen LogP contribution in [0, 0.1) is 21.4 Å². The Labute approximate surface area is 196 Å². The Morgan fingerprint density at radius 2 is 1.87 bits per heavy atom. The standard InChI is InChI=1S/C23H16Br2N2O4/c1-30-22-11-17(9-18(13-26)16-3-2-4-20(10-16)27(28)29)21(25)12-23(22)31-14-15-5-7-19(24)8-6-15/h2-12H,14H2,1H3/b18-9-. The lowest BCUT2D eigenvalue weighted by Crippen LogP contribution is -1.98. The van der Waals surface area contributed by atoms with Crippen LogP contribution in [-0.4, -0.2) is 12.0 Å². The molecule has 31 heavy (non-hydrogen) atoms. The fourth-order valence-electron chi connectivity index (χ4n) is 2.80. The summed E-state index contributed by atoms with van der Waals surface area (Å²) in [7, 11) is 1.54. The number of nitrogens with zero attached hydrogens (tertiary/aromatic N) is 2. The van der Waals surface area contributed by atoms with Crippen molar-refractivity contribution in [1.29, 1.82) is 5.26 Å².